The van der Waals surface area contributed by atoms with E-state index in [1.54, 1.807) is 12.3 Å². The van der Waals surface area contributed by atoms with E-state index in [1.807, 2.05) is 0 Å². The minimum atomic E-state index is -0.946. The lowest BCUT2D eigenvalue weighted by molar-refractivity contribution is 0.505. The van der Waals surface area contributed by atoms with Crippen LogP contribution >= 0.6 is 0 Å². The minimum absolute atomic E-state index is 0.0540. The molecule has 1 saturated heterocycles. The van der Waals surface area contributed by atoms with Crippen LogP contribution in [0.4, 0.5) is 14.6 Å². The number of hydrogen-bond donors (Lipinski definition) is 0. The van der Waals surface area contributed by atoms with Crippen molar-refractivity contribution in [3.05, 3.63) is 58.1 Å². The Morgan fingerprint density at radius 2 is 1.88 bits per heavy atom. The van der Waals surface area contributed by atoms with Crippen LogP contribution in [0.2, 0.25) is 0 Å². The molecule has 0 spiro atoms. The zero-order chi connectivity index (χ0) is 16.7. The standard InChI is InChI=1S/C16H15F2N5O/c17-12-4-3-11(9-13(12)18)10-23-16(24)22-8-5-14(19-15(22)20-23)21-6-1-2-7-21/h3-5,8-9H,1-2,6-7,10H2. The molecule has 24 heavy (non-hydrogen) atoms. The van der Waals surface area contributed by atoms with Crippen molar-refractivity contribution in [2.24, 2.45) is 0 Å². The van der Waals surface area contributed by atoms with Gasteiger partial charge in [0.25, 0.3) is 5.78 Å². The second-order valence-electron chi connectivity index (χ2n) is 5.84. The summed E-state index contributed by atoms with van der Waals surface area (Å²) in [6.07, 6.45) is 3.90. The molecule has 0 bridgehead atoms. The average Bonchev–Trinajstić information content (AvgIpc) is 3.20. The molecule has 8 heteroatoms. The molecular formula is C16H15F2N5O. The van der Waals surface area contributed by atoms with Crippen LogP contribution in [-0.2, 0) is 6.54 Å². The van der Waals surface area contributed by atoms with Crippen LogP contribution < -0.4 is 10.6 Å². The number of benzene rings is 1. The number of fused-ring (bicyclic) bond motifs is 1. The van der Waals surface area contributed by atoms with E-state index in [2.05, 4.69) is 15.0 Å². The highest BCUT2D eigenvalue weighted by molar-refractivity contribution is 5.44. The van der Waals surface area contributed by atoms with Gasteiger partial charge in [-0.1, -0.05) is 6.07 Å². The van der Waals surface area contributed by atoms with Gasteiger partial charge in [-0.15, -0.1) is 5.10 Å². The fraction of sp³-hybridized carbons (Fsp3) is 0.312. The first-order valence-corrected chi connectivity index (χ1v) is 7.77. The van der Waals surface area contributed by atoms with Crippen molar-refractivity contribution >= 4 is 11.6 Å². The van der Waals surface area contributed by atoms with Crippen molar-refractivity contribution in [2.75, 3.05) is 18.0 Å². The number of aromatic nitrogens is 4. The van der Waals surface area contributed by atoms with Gasteiger partial charge < -0.3 is 4.90 Å². The second-order valence-corrected chi connectivity index (χ2v) is 5.84. The molecule has 3 aromatic rings. The lowest BCUT2D eigenvalue weighted by Crippen LogP contribution is -2.22. The van der Waals surface area contributed by atoms with Crippen molar-refractivity contribution in [3.8, 4) is 0 Å². The number of anilines is 1. The molecule has 1 fully saturated rings. The normalized spacial score (nSPS) is 14.7. The third kappa shape index (κ3) is 2.53. The van der Waals surface area contributed by atoms with E-state index in [9.17, 15) is 13.6 Å². The smallest absolute Gasteiger partial charge is 0.351 e. The van der Waals surface area contributed by atoms with Crippen molar-refractivity contribution in [1.29, 1.82) is 0 Å². The third-order valence-corrected chi connectivity index (χ3v) is 4.19. The molecule has 1 aliphatic rings. The summed E-state index contributed by atoms with van der Waals surface area (Å²) < 4.78 is 28.8. The van der Waals surface area contributed by atoms with E-state index in [1.165, 1.54) is 15.1 Å². The lowest BCUT2D eigenvalue weighted by atomic mass is 10.2. The largest absolute Gasteiger partial charge is 0.356 e. The average molecular weight is 331 g/mol. The number of nitrogens with zero attached hydrogens (tertiary/aromatic N) is 5. The fourth-order valence-corrected chi connectivity index (χ4v) is 2.93. The predicted molar refractivity (Wildman–Crippen MR) is 84.2 cm³/mol. The van der Waals surface area contributed by atoms with Crippen molar-refractivity contribution in [3.63, 3.8) is 0 Å². The molecule has 3 heterocycles. The maximum atomic E-state index is 13.3. The first-order chi connectivity index (χ1) is 11.6. The Labute approximate surface area is 136 Å². The summed E-state index contributed by atoms with van der Waals surface area (Å²) >= 11 is 0. The van der Waals surface area contributed by atoms with Crippen molar-refractivity contribution < 1.29 is 8.78 Å². The molecule has 0 N–H and O–H groups in total. The number of hydrogen-bond acceptors (Lipinski definition) is 4. The summed E-state index contributed by atoms with van der Waals surface area (Å²) in [4.78, 5) is 18.9. The van der Waals surface area contributed by atoms with Crippen molar-refractivity contribution in [1.82, 2.24) is 19.2 Å². The molecule has 0 aliphatic carbocycles. The summed E-state index contributed by atoms with van der Waals surface area (Å²) in [5.41, 5.74) is 0.0920. The molecule has 124 valence electrons. The molecular weight excluding hydrogens is 316 g/mol. The third-order valence-electron chi connectivity index (χ3n) is 4.19. The van der Waals surface area contributed by atoms with Gasteiger partial charge in [0.15, 0.2) is 11.6 Å². The molecule has 4 rings (SSSR count). The molecule has 0 unspecified atom stereocenters. The molecule has 2 aromatic heterocycles. The Hall–Kier alpha value is -2.77. The van der Waals surface area contributed by atoms with Crippen LogP contribution in [0.1, 0.15) is 18.4 Å². The number of rotatable bonds is 3. The van der Waals surface area contributed by atoms with E-state index in [0.29, 0.717) is 11.3 Å². The zero-order valence-corrected chi connectivity index (χ0v) is 12.8. The molecule has 0 radical (unpaired) electrons. The molecule has 1 aliphatic heterocycles. The predicted octanol–water partition coefficient (Wildman–Crippen LogP) is 1.82. The van der Waals surface area contributed by atoms with Gasteiger partial charge >= 0.3 is 5.69 Å². The quantitative estimate of drug-likeness (QED) is 0.735. The first kappa shape index (κ1) is 14.8. The van der Waals surface area contributed by atoms with E-state index < -0.39 is 11.6 Å². The highest BCUT2D eigenvalue weighted by atomic mass is 19.2. The zero-order valence-electron chi connectivity index (χ0n) is 12.8. The van der Waals surface area contributed by atoms with Crippen LogP contribution in [0, 0.1) is 11.6 Å². The summed E-state index contributed by atoms with van der Waals surface area (Å²) in [7, 11) is 0. The van der Waals surface area contributed by atoms with Gasteiger partial charge in [0.2, 0.25) is 0 Å². The molecule has 1 aromatic carbocycles. The SMILES string of the molecule is O=c1n(Cc2ccc(F)c(F)c2)nc2nc(N3CCCC3)ccn12. The molecule has 0 atom stereocenters. The summed E-state index contributed by atoms with van der Waals surface area (Å²) in [5.74, 6) is -0.770. The first-order valence-electron chi connectivity index (χ1n) is 7.77. The highest BCUT2D eigenvalue weighted by Crippen LogP contribution is 2.17. The second kappa shape index (κ2) is 5.70. The van der Waals surface area contributed by atoms with E-state index >= 15 is 0 Å². The monoisotopic (exact) mass is 331 g/mol. The van der Waals surface area contributed by atoms with Crippen LogP contribution in [0.15, 0.2) is 35.3 Å². The van der Waals surface area contributed by atoms with Gasteiger partial charge in [0, 0.05) is 19.3 Å². The Morgan fingerprint density at radius 1 is 1.08 bits per heavy atom. The maximum Gasteiger partial charge on any atom is 0.351 e. The topological polar surface area (TPSA) is 55.4 Å². The van der Waals surface area contributed by atoms with Crippen LogP contribution in [0.25, 0.3) is 5.78 Å². The molecule has 0 amide bonds. The lowest BCUT2D eigenvalue weighted by Gasteiger charge is -2.15. The Morgan fingerprint density at radius 3 is 2.62 bits per heavy atom. The van der Waals surface area contributed by atoms with Crippen LogP contribution in [0.5, 0.6) is 0 Å². The van der Waals surface area contributed by atoms with Gasteiger partial charge in [0.1, 0.15) is 5.82 Å². The Balaban J connectivity index is 1.69. The van der Waals surface area contributed by atoms with Crippen molar-refractivity contribution in [2.45, 2.75) is 19.4 Å². The maximum absolute atomic E-state index is 13.3. The van der Waals surface area contributed by atoms with E-state index in [-0.39, 0.29) is 12.2 Å². The van der Waals surface area contributed by atoms with Gasteiger partial charge in [-0.25, -0.2) is 22.7 Å². The molecule has 0 saturated carbocycles. The summed E-state index contributed by atoms with van der Waals surface area (Å²) in [6.45, 7) is 1.95. The number of halogens is 2. The van der Waals surface area contributed by atoms with E-state index in [0.717, 1.165) is 43.9 Å². The van der Waals surface area contributed by atoms with Gasteiger partial charge in [-0.05, 0) is 36.6 Å². The Kier molecular flexibility index (Phi) is 3.51. The highest BCUT2D eigenvalue weighted by Gasteiger charge is 2.16. The fourth-order valence-electron chi connectivity index (χ4n) is 2.93. The van der Waals surface area contributed by atoms with Crippen LogP contribution in [-0.4, -0.2) is 32.3 Å². The summed E-state index contributed by atoms with van der Waals surface area (Å²) in [5, 5.41) is 4.20. The summed E-state index contributed by atoms with van der Waals surface area (Å²) in [6, 6.07) is 5.32. The van der Waals surface area contributed by atoms with Gasteiger partial charge in [-0.3, -0.25) is 0 Å². The van der Waals surface area contributed by atoms with E-state index in [4.69, 9.17) is 0 Å². The Bertz CT molecular complexity index is 959. The minimum Gasteiger partial charge on any atom is -0.356 e. The molecule has 6 nitrogen and oxygen atoms in total. The van der Waals surface area contributed by atoms with Gasteiger partial charge in [-0.2, -0.15) is 4.98 Å². The van der Waals surface area contributed by atoms with Gasteiger partial charge in [0.05, 0.1) is 6.54 Å². The van der Waals surface area contributed by atoms with Crippen LogP contribution in [0.3, 0.4) is 0 Å².